The van der Waals surface area contributed by atoms with Crippen molar-refractivity contribution in [1.29, 1.82) is 0 Å². The summed E-state index contributed by atoms with van der Waals surface area (Å²) in [6.45, 7) is 4.08. The van der Waals surface area contributed by atoms with Crippen LogP contribution < -0.4 is 4.74 Å². The van der Waals surface area contributed by atoms with E-state index in [4.69, 9.17) is 9.84 Å². The number of benzene rings is 1. The number of nitrogens with zero attached hydrogens (tertiary/aromatic N) is 2. The molecule has 1 N–H and O–H groups in total. The van der Waals surface area contributed by atoms with E-state index in [0.717, 1.165) is 12.8 Å². The van der Waals surface area contributed by atoms with E-state index in [1.165, 1.54) is 0 Å². The fourth-order valence-electron chi connectivity index (χ4n) is 2.91. The normalized spacial score (nSPS) is 15.7. The average molecular weight is 320 g/mol. The van der Waals surface area contributed by atoms with Crippen LogP contribution in [0.3, 0.4) is 0 Å². The summed E-state index contributed by atoms with van der Waals surface area (Å²) in [5.41, 5.74) is 0. The second kappa shape index (κ2) is 8.53. The molecule has 1 aliphatic rings. The summed E-state index contributed by atoms with van der Waals surface area (Å²) in [6, 6.07) is 9.51. The molecule has 23 heavy (non-hydrogen) atoms. The molecule has 0 spiro atoms. The van der Waals surface area contributed by atoms with Gasteiger partial charge in [0.2, 0.25) is 0 Å². The SMILES string of the molecule is CCN(CC(=O)O)C1CCN(C(=O)COc2ccccc2)CC1. The van der Waals surface area contributed by atoms with E-state index in [1.54, 1.807) is 4.90 Å². The van der Waals surface area contributed by atoms with Crippen LogP contribution in [0.15, 0.2) is 30.3 Å². The number of carbonyl (C=O) groups is 2. The first kappa shape index (κ1) is 17.3. The van der Waals surface area contributed by atoms with Gasteiger partial charge in [-0.15, -0.1) is 0 Å². The molecule has 1 fully saturated rings. The lowest BCUT2D eigenvalue weighted by Gasteiger charge is -2.37. The van der Waals surface area contributed by atoms with Gasteiger partial charge in [0.05, 0.1) is 6.54 Å². The third kappa shape index (κ3) is 5.25. The van der Waals surface area contributed by atoms with Crippen molar-refractivity contribution in [2.45, 2.75) is 25.8 Å². The minimum atomic E-state index is -0.804. The molecular formula is C17H24N2O4. The number of aliphatic carboxylic acids is 1. The predicted octanol–water partition coefficient (Wildman–Crippen LogP) is 1.46. The lowest BCUT2D eigenvalue weighted by Crippen LogP contribution is -2.49. The van der Waals surface area contributed by atoms with Crippen LogP contribution in [-0.2, 0) is 9.59 Å². The zero-order valence-electron chi connectivity index (χ0n) is 13.5. The van der Waals surface area contributed by atoms with Crippen LogP contribution in [0.2, 0.25) is 0 Å². The molecule has 6 nitrogen and oxygen atoms in total. The summed E-state index contributed by atoms with van der Waals surface area (Å²) in [5.74, 6) is -0.135. The molecule has 1 amide bonds. The highest BCUT2D eigenvalue weighted by Gasteiger charge is 2.27. The first-order valence-corrected chi connectivity index (χ1v) is 8.01. The van der Waals surface area contributed by atoms with E-state index in [2.05, 4.69) is 0 Å². The van der Waals surface area contributed by atoms with Crippen molar-refractivity contribution in [2.24, 2.45) is 0 Å². The molecule has 1 aromatic carbocycles. The monoisotopic (exact) mass is 320 g/mol. The summed E-state index contributed by atoms with van der Waals surface area (Å²) < 4.78 is 5.49. The Morgan fingerprint density at radius 2 is 1.91 bits per heavy atom. The Labute approximate surface area is 136 Å². The number of rotatable bonds is 7. The van der Waals surface area contributed by atoms with Crippen molar-refractivity contribution in [3.05, 3.63) is 30.3 Å². The van der Waals surface area contributed by atoms with Crippen molar-refractivity contribution in [3.8, 4) is 5.75 Å². The maximum atomic E-state index is 12.2. The van der Waals surface area contributed by atoms with Crippen molar-refractivity contribution in [1.82, 2.24) is 9.80 Å². The molecule has 2 rings (SSSR count). The summed E-state index contributed by atoms with van der Waals surface area (Å²) in [4.78, 5) is 26.8. The second-order valence-corrected chi connectivity index (χ2v) is 5.67. The Kier molecular flexibility index (Phi) is 6.40. The summed E-state index contributed by atoms with van der Waals surface area (Å²) in [5, 5.41) is 8.94. The van der Waals surface area contributed by atoms with Crippen LogP contribution in [0.1, 0.15) is 19.8 Å². The maximum absolute atomic E-state index is 12.2. The second-order valence-electron chi connectivity index (χ2n) is 5.67. The standard InChI is InChI=1S/C17H24N2O4/c1-2-18(12-17(21)22)14-8-10-19(11-9-14)16(20)13-23-15-6-4-3-5-7-15/h3-7,14H,2,8-13H2,1H3,(H,21,22). The number of hydrogen-bond donors (Lipinski definition) is 1. The number of carboxylic acids is 1. The number of amides is 1. The van der Waals surface area contributed by atoms with Gasteiger partial charge in [-0.25, -0.2) is 0 Å². The lowest BCUT2D eigenvalue weighted by molar-refractivity contribution is -0.140. The molecule has 1 heterocycles. The third-order valence-corrected chi connectivity index (χ3v) is 4.18. The minimum absolute atomic E-state index is 0.0198. The van der Waals surface area contributed by atoms with E-state index in [9.17, 15) is 9.59 Å². The molecule has 1 aliphatic heterocycles. The van der Waals surface area contributed by atoms with Crippen LogP contribution in [0.5, 0.6) is 5.75 Å². The molecule has 0 aromatic heterocycles. The number of carboxylic acid groups (broad SMARTS) is 1. The zero-order valence-corrected chi connectivity index (χ0v) is 13.5. The Morgan fingerprint density at radius 3 is 2.48 bits per heavy atom. The van der Waals surface area contributed by atoms with Crippen LogP contribution in [0, 0.1) is 0 Å². The summed E-state index contributed by atoms with van der Waals surface area (Å²) in [6.07, 6.45) is 1.61. The van der Waals surface area contributed by atoms with Gasteiger partial charge in [0.15, 0.2) is 6.61 Å². The van der Waals surface area contributed by atoms with E-state index >= 15 is 0 Å². The first-order chi connectivity index (χ1) is 11.1. The van der Waals surface area contributed by atoms with Gasteiger partial charge in [-0.05, 0) is 31.5 Å². The maximum Gasteiger partial charge on any atom is 0.317 e. The van der Waals surface area contributed by atoms with Crippen molar-refractivity contribution >= 4 is 11.9 Å². The van der Waals surface area contributed by atoms with Crippen LogP contribution in [0.25, 0.3) is 0 Å². The minimum Gasteiger partial charge on any atom is -0.484 e. The van der Waals surface area contributed by atoms with Gasteiger partial charge in [-0.2, -0.15) is 0 Å². The smallest absolute Gasteiger partial charge is 0.317 e. The summed E-state index contributed by atoms with van der Waals surface area (Å²) >= 11 is 0. The van der Waals surface area contributed by atoms with Gasteiger partial charge in [0, 0.05) is 19.1 Å². The average Bonchev–Trinajstić information content (AvgIpc) is 2.58. The number of likely N-dealkylation sites (N-methyl/N-ethyl adjacent to an activating group) is 1. The Balaban J connectivity index is 1.77. The third-order valence-electron chi connectivity index (χ3n) is 4.18. The highest BCUT2D eigenvalue weighted by molar-refractivity contribution is 5.77. The number of para-hydroxylation sites is 1. The number of likely N-dealkylation sites (tertiary alicyclic amines) is 1. The summed E-state index contributed by atoms with van der Waals surface area (Å²) in [7, 11) is 0. The van der Waals surface area contributed by atoms with Crippen LogP contribution >= 0.6 is 0 Å². The number of piperidine rings is 1. The molecular weight excluding hydrogens is 296 g/mol. The molecule has 6 heteroatoms. The van der Waals surface area contributed by atoms with Gasteiger partial charge < -0.3 is 14.7 Å². The zero-order chi connectivity index (χ0) is 16.7. The van der Waals surface area contributed by atoms with Crippen molar-refractivity contribution in [3.63, 3.8) is 0 Å². The van der Waals surface area contributed by atoms with E-state index < -0.39 is 5.97 Å². The van der Waals surface area contributed by atoms with Crippen LogP contribution in [0.4, 0.5) is 0 Å². The van der Waals surface area contributed by atoms with Gasteiger partial charge in [-0.3, -0.25) is 14.5 Å². The lowest BCUT2D eigenvalue weighted by atomic mass is 10.0. The number of hydrogen-bond acceptors (Lipinski definition) is 4. The van der Waals surface area contributed by atoms with Gasteiger partial charge in [0.25, 0.3) is 5.91 Å². The van der Waals surface area contributed by atoms with Gasteiger partial charge >= 0.3 is 5.97 Å². The molecule has 0 radical (unpaired) electrons. The molecule has 0 unspecified atom stereocenters. The van der Waals surface area contributed by atoms with E-state index in [0.29, 0.717) is 25.4 Å². The fraction of sp³-hybridized carbons (Fsp3) is 0.529. The fourth-order valence-corrected chi connectivity index (χ4v) is 2.91. The number of carbonyl (C=O) groups excluding carboxylic acids is 1. The Hall–Kier alpha value is -2.08. The topological polar surface area (TPSA) is 70.1 Å². The molecule has 0 bridgehead atoms. The molecule has 126 valence electrons. The quantitative estimate of drug-likeness (QED) is 0.824. The predicted molar refractivity (Wildman–Crippen MR) is 86.4 cm³/mol. The molecule has 0 aliphatic carbocycles. The van der Waals surface area contributed by atoms with Crippen molar-refractivity contribution < 1.29 is 19.4 Å². The highest BCUT2D eigenvalue weighted by Crippen LogP contribution is 2.17. The highest BCUT2D eigenvalue weighted by atomic mass is 16.5. The Morgan fingerprint density at radius 1 is 1.26 bits per heavy atom. The van der Waals surface area contributed by atoms with Crippen molar-refractivity contribution in [2.75, 3.05) is 32.8 Å². The molecule has 0 atom stereocenters. The van der Waals surface area contributed by atoms with Crippen LogP contribution in [-0.4, -0.2) is 65.6 Å². The number of ether oxygens (including phenoxy) is 1. The van der Waals surface area contributed by atoms with E-state index in [1.807, 2.05) is 42.2 Å². The molecule has 0 saturated carbocycles. The molecule has 1 saturated heterocycles. The van der Waals surface area contributed by atoms with Gasteiger partial charge in [0.1, 0.15) is 5.75 Å². The first-order valence-electron chi connectivity index (χ1n) is 8.01. The van der Waals surface area contributed by atoms with Gasteiger partial charge in [-0.1, -0.05) is 25.1 Å². The van der Waals surface area contributed by atoms with E-state index in [-0.39, 0.29) is 25.1 Å². The largest absolute Gasteiger partial charge is 0.484 e. The molecule has 1 aromatic rings. The Bertz CT molecular complexity index is 513.